The van der Waals surface area contributed by atoms with Crippen LogP contribution in [-0.2, 0) is 19.2 Å². The molecule has 174 valence electrons. The van der Waals surface area contributed by atoms with E-state index in [-0.39, 0.29) is 24.0 Å². The van der Waals surface area contributed by atoms with E-state index in [0.717, 1.165) is 0 Å². The standard InChI is InChI=1S/C19H36N4O6S/c1-9(2)6-13(21-16(25)12(20)8-30)17(26)22-14(7-10(3)4)18(27)23-15(11(5)24)19(28)29/h9-15,24,30H,6-8,20H2,1-5H3,(H,21,25)(H,22,26)(H,23,27)(H,28,29). The number of aliphatic hydroxyl groups excluding tert-OH is 1. The second-order valence-corrected chi connectivity index (χ2v) is 8.60. The van der Waals surface area contributed by atoms with E-state index in [0.29, 0.717) is 6.42 Å². The molecule has 0 aliphatic rings. The van der Waals surface area contributed by atoms with Crippen LogP contribution in [0.5, 0.6) is 0 Å². The number of nitrogens with two attached hydrogens (primary N) is 1. The van der Waals surface area contributed by atoms with Crippen molar-refractivity contribution in [2.45, 2.75) is 77.7 Å². The van der Waals surface area contributed by atoms with Crippen LogP contribution < -0.4 is 21.7 Å². The molecule has 0 aromatic heterocycles. The Bertz CT molecular complexity index is 600. The van der Waals surface area contributed by atoms with Gasteiger partial charge in [0, 0.05) is 5.75 Å². The fourth-order valence-corrected chi connectivity index (χ4v) is 2.85. The molecule has 0 spiro atoms. The highest BCUT2D eigenvalue weighted by atomic mass is 32.1. The molecule has 0 rings (SSSR count). The van der Waals surface area contributed by atoms with Crippen LogP contribution in [-0.4, -0.2) is 69.9 Å². The molecule has 7 N–H and O–H groups in total. The van der Waals surface area contributed by atoms with Crippen LogP contribution in [0, 0.1) is 11.8 Å². The van der Waals surface area contributed by atoms with Crippen molar-refractivity contribution in [3.63, 3.8) is 0 Å². The highest BCUT2D eigenvalue weighted by Gasteiger charge is 2.32. The molecule has 5 unspecified atom stereocenters. The number of hydrogen-bond acceptors (Lipinski definition) is 7. The molecular weight excluding hydrogens is 412 g/mol. The number of carboxylic acid groups (broad SMARTS) is 1. The van der Waals surface area contributed by atoms with Crippen LogP contribution in [0.4, 0.5) is 0 Å². The second-order valence-electron chi connectivity index (χ2n) is 8.24. The maximum Gasteiger partial charge on any atom is 0.328 e. The molecule has 0 heterocycles. The summed E-state index contributed by atoms with van der Waals surface area (Å²) in [4.78, 5) is 48.9. The normalized spacial score (nSPS) is 16.3. The van der Waals surface area contributed by atoms with Crippen molar-refractivity contribution < 1.29 is 29.4 Å². The molecule has 0 aromatic carbocycles. The summed E-state index contributed by atoms with van der Waals surface area (Å²) in [7, 11) is 0. The topological polar surface area (TPSA) is 171 Å². The van der Waals surface area contributed by atoms with Gasteiger partial charge in [-0.1, -0.05) is 27.7 Å². The van der Waals surface area contributed by atoms with Crippen LogP contribution in [0.3, 0.4) is 0 Å². The first kappa shape index (κ1) is 28.1. The average molecular weight is 449 g/mol. The van der Waals surface area contributed by atoms with Gasteiger partial charge in [0.25, 0.3) is 0 Å². The summed E-state index contributed by atoms with van der Waals surface area (Å²) in [6.45, 7) is 8.68. The SMILES string of the molecule is CC(C)CC(NC(=O)C(N)CS)C(=O)NC(CC(C)C)C(=O)NC(C(=O)O)C(C)O. The van der Waals surface area contributed by atoms with Gasteiger partial charge in [0.1, 0.15) is 12.1 Å². The number of carboxylic acids is 1. The van der Waals surface area contributed by atoms with E-state index in [9.17, 15) is 29.4 Å². The lowest BCUT2D eigenvalue weighted by molar-refractivity contribution is -0.145. The number of thiol groups is 1. The smallest absolute Gasteiger partial charge is 0.328 e. The van der Waals surface area contributed by atoms with Gasteiger partial charge in [0.2, 0.25) is 17.7 Å². The Morgan fingerprint density at radius 3 is 1.57 bits per heavy atom. The lowest BCUT2D eigenvalue weighted by atomic mass is 9.99. The summed E-state index contributed by atoms with van der Waals surface area (Å²) in [6.07, 6.45) is -0.766. The van der Waals surface area contributed by atoms with E-state index in [1.807, 2.05) is 27.7 Å². The molecule has 3 amide bonds. The molecule has 0 fully saturated rings. The van der Waals surface area contributed by atoms with Crippen LogP contribution >= 0.6 is 12.6 Å². The van der Waals surface area contributed by atoms with Crippen LogP contribution in [0.2, 0.25) is 0 Å². The highest BCUT2D eigenvalue weighted by Crippen LogP contribution is 2.10. The molecule has 0 radical (unpaired) electrons. The Balaban J connectivity index is 5.46. The van der Waals surface area contributed by atoms with Gasteiger partial charge in [0.05, 0.1) is 12.1 Å². The van der Waals surface area contributed by atoms with Crippen molar-refractivity contribution in [1.82, 2.24) is 16.0 Å². The molecule has 0 bridgehead atoms. The van der Waals surface area contributed by atoms with Crippen molar-refractivity contribution in [3.8, 4) is 0 Å². The van der Waals surface area contributed by atoms with Crippen LogP contribution in [0.1, 0.15) is 47.5 Å². The van der Waals surface area contributed by atoms with E-state index >= 15 is 0 Å². The average Bonchev–Trinajstić information content (AvgIpc) is 2.62. The van der Waals surface area contributed by atoms with Gasteiger partial charge in [-0.3, -0.25) is 14.4 Å². The first-order chi connectivity index (χ1) is 13.8. The maximum atomic E-state index is 12.8. The second kappa shape index (κ2) is 13.5. The fraction of sp³-hybridized carbons (Fsp3) is 0.789. The third-order valence-electron chi connectivity index (χ3n) is 4.26. The van der Waals surface area contributed by atoms with E-state index in [4.69, 9.17) is 5.73 Å². The third kappa shape index (κ3) is 10.3. The number of amides is 3. The third-order valence-corrected chi connectivity index (χ3v) is 4.65. The van der Waals surface area contributed by atoms with Crippen LogP contribution in [0.25, 0.3) is 0 Å². The number of rotatable bonds is 13. The number of carbonyl (C=O) groups excluding carboxylic acids is 3. The van der Waals surface area contributed by atoms with Crippen molar-refractivity contribution in [2.24, 2.45) is 17.6 Å². The minimum absolute atomic E-state index is 0.00613. The predicted octanol–water partition coefficient (Wildman–Crippen LogP) is -0.744. The Hall–Kier alpha value is -1.85. The van der Waals surface area contributed by atoms with Crippen molar-refractivity contribution in [3.05, 3.63) is 0 Å². The molecule has 0 aliphatic heterocycles. The molecule has 0 aliphatic carbocycles. The molecule has 11 heteroatoms. The molecular formula is C19H36N4O6S. The van der Waals surface area contributed by atoms with Gasteiger partial charge >= 0.3 is 5.97 Å². The van der Waals surface area contributed by atoms with E-state index in [1.165, 1.54) is 6.92 Å². The number of aliphatic hydroxyl groups is 1. The predicted molar refractivity (Wildman–Crippen MR) is 116 cm³/mol. The summed E-state index contributed by atoms with van der Waals surface area (Å²) < 4.78 is 0. The number of aliphatic carboxylic acids is 1. The fourth-order valence-electron chi connectivity index (χ4n) is 2.68. The molecule has 5 atom stereocenters. The monoisotopic (exact) mass is 448 g/mol. The maximum absolute atomic E-state index is 12.8. The molecule has 10 nitrogen and oxygen atoms in total. The summed E-state index contributed by atoms with van der Waals surface area (Å²) in [6, 6.07) is -4.35. The van der Waals surface area contributed by atoms with Crippen molar-refractivity contribution in [1.29, 1.82) is 0 Å². The largest absolute Gasteiger partial charge is 0.480 e. The zero-order valence-electron chi connectivity index (χ0n) is 18.2. The summed E-state index contributed by atoms with van der Waals surface area (Å²) in [5.41, 5.74) is 5.66. The van der Waals surface area contributed by atoms with Gasteiger partial charge in [-0.25, -0.2) is 4.79 Å². The number of nitrogens with one attached hydrogen (secondary N) is 3. The first-order valence-corrected chi connectivity index (χ1v) is 10.6. The minimum atomic E-state index is -1.51. The zero-order valence-corrected chi connectivity index (χ0v) is 19.1. The lowest BCUT2D eigenvalue weighted by Gasteiger charge is -2.27. The molecule has 0 saturated carbocycles. The minimum Gasteiger partial charge on any atom is -0.480 e. The van der Waals surface area contributed by atoms with Gasteiger partial charge in [-0.2, -0.15) is 12.6 Å². The number of carbonyl (C=O) groups is 4. The number of hydrogen-bond donors (Lipinski definition) is 7. The highest BCUT2D eigenvalue weighted by molar-refractivity contribution is 7.80. The van der Waals surface area contributed by atoms with Crippen molar-refractivity contribution >= 4 is 36.3 Å². The van der Waals surface area contributed by atoms with Gasteiger partial charge in [0.15, 0.2) is 6.04 Å². The Morgan fingerprint density at radius 1 is 0.833 bits per heavy atom. The van der Waals surface area contributed by atoms with E-state index in [1.54, 1.807) is 0 Å². The van der Waals surface area contributed by atoms with Gasteiger partial charge in [-0.15, -0.1) is 0 Å². The zero-order chi connectivity index (χ0) is 23.6. The quantitative estimate of drug-likeness (QED) is 0.182. The van der Waals surface area contributed by atoms with Crippen LogP contribution in [0.15, 0.2) is 0 Å². The summed E-state index contributed by atoms with van der Waals surface area (Å²) in [5, 5.41) is 26.2. The summed E-state index contributed by atoms with van der Waals surface area (Å²) >= 11 is 3.98. The molecule has 0 aromatic rings. The first-order valence-electron chi connectivity index (χ1n) is 9.98. The molecule has 30 heavy (non-hydrogen) atoms. The molecule has 0 saturated heterocycles. The van der Waals surface area contributed by atoms with E-state index < -0.39 is 54.0 Å². The summed E-state index contributed by atoms with van der Waals surface area (Å²) in [5.74, 6) is -3.05. The van der Waals surface area contributed by atoms with E-state index in [2.05, 4.69) is 28.6 Å². The Labute approximate surface area is 183 Å². The van der Waals surface area contributed by atoms with Crippen molar-refractivity contribution in [2.75, 3.05) is 5.75 Å². The van der Waals surface area contributed by atoms with Gasteiger partial charge < -0.3 is 31.9 Å². The van der Waals surface area contributed by atoms with Gasteiger partial charge in [-0.05, 0) is 31.6 Å². The Morgan fingerprint density at radius 2 is 1.23 bits per heavy atom. The Kier molecular flexibility index (Phi) is 12.6. The lowest BCUT2D eigenvalue weighted by Crippen LogP contribution is -2.58.